The summed E-state index contributed by atoms with van der Waals surface area (Å²) in [5.74, 6) is -3.91. The van der Waals surface area contributed by atoms with Crippen molar-refractivity contribution >= 4 is 23.9 Å². The van der Waals surface area contributed by atoms with Gasteiger partial charge in [0.1, 0.15) is 0 Å². The molecule has 0 aliphatic carbocycles. The van der Waals surface area contributed by atoms with E-state index in [0.29, 0.717) is 38.5 Å². The summed E-state index contributed by atoms with van der Waals surface area (Å²) in [6.07, 6.45) is 74.5. The van der Waals surface area contributed by atoms with E-state index in [1.165, 1.54) is 295 Å². The number of carbonyl (C=O) groups is 4. The van der Waals surface area contributed by atoms with Crippen LogP contribution in [-0.2, 0) is 38.1 Å². The van der Waals surface area contributed by atoms with Crippen molar-refractivity contribution < 1.29 is 38.1 Å². The normalized spacial score (nSPS) is 12.0. The topological polar surface area (TPSA) is 105 Å². The van der Waals surface area contributed by atoms with Crippen molar-refractivity contribution in [3.63, 3.8) is 0 Å². The van der Waals surface area contributed by atoms with Crippen molar-refractivity contribution in [1.29, 1.82) is 0 Å². The maximum absolute atomic E-state index is 14.1. The Morgan fingerprint density at radius 2 is 0.419 bits per heavy atom. The van der Waals surface area contributed by atoms with Gasteiger partial charge in [0.2, 0.25) is 0 Å². The average molecular weight is 1220 g/mol. The van der Waals surface area contributed by atoms with Crippen LogP contribution < -0.4 is 0 Å². The van der Waals surface area contributed by atoms with Crippen LogP contribution in [0, 0.1) is 0 Å². The fraction of sp³-hybridized carbons (Fsp3) is 0.949. The lowest BCUT2D eigenvalue weighted by atomic mass is 10.0. The van der Waals surface area contributed by atoms with Gasteiger partial charge in [0, 0.05) is 25.7 Å². The van der Waals surface area contributed by atoms with E-state index in [4.69, 9.17) is 18.9 Å². The van der Waals surface area contributed by atoms with Crippen molar-refractivity contribution in [3.8, 4) is 0 Å². The van der Waals surface area contributed by atoms with E-state index < -0.39 is 42.4 Å². The van der Waals surface area contributed by atoms with Gasteiger partial charge in [0.15, 0.2) is 12.7 Å². The Morgan fingerprint density at radius 3 is 0.628 bits per heavy atom. The zero-order valence-corrected chi connectivity index (χ0v) is 58.7. The lowest BCUT2D eigenvalue weighted by molar-refractivity contribution is -0.280. The first-order chi connectivity index (χ1) is 42.3. The first kappa shape index (κ1) is 83.9. The third-order valence-corrected chi connectivity index (χ3v) is 18.3. The van der Waals surface area contributed by atoms with E-state index in [1.54, 1.807) is 0 Å². The molecule has 0 heterocycles. The lowest BCUT2D eigenvalue weighted by Crippen LogP contribution is -2.55. The van der Waals surface area contributed by atoms with E-state index in [-0.39, 0.29) is 25.7 Å². The van der Waals surface area contributed by atoms with Gasteiger partial charge in [-0.3, -0.25) is 19.2 Å². The Kier molecular flexibility index (Phi) is 67.1. The van der Waals surface area contributed by atoms with Crippen LogP contribution in [0.2, 0.25) is 0 Å². The minimum Gasteiger partial charge on any atom is -0.457 e. The summed E-state index contributed by atoms with van der Waals surface area (Å²) in [6.45, 7) is 10.6. The Labute approximate surface area is 536 Å². The quantitative estimate of drug-likeness (QED) is 0.0257. The molecule has 0 aromatic rings. The van der Waals surface area contributed by atoms with Crippen molar-refractivity contribution in [3.05, 3.63) is 0 Å². The molecule has 86 heavy (non-hydrogen) atoms. The summed E-state index contributed by atoms with van der Waals surface area (Å²) in [5, 5.41) is 0. The minimum absolute atomic E-state index is 0.148. The van der Waals surface area contributed by atoms with Gasteiger partial charge in [-0.05, 0) is 32.1 Å². The standard InChI is InChI=1S/C78H150O8/c1-6-11-15-19-23-27-31-35-39-43-47-51-55-59-63-68-74(79)83-72-78(85-76(81)70-65-61-57-53-49-45-41-37-33-29-25-21-17-13-8-3,86-77(82)71-66-62-58-54-50-46-42-38-34-30-26-22-18-14-9-4)73(67-10-5)84-75(80)69-64-60-56-52-48-44-40-36-32-28-24-20-16-12-7-2/h73H,6-72H2,1-5H3/t73-/m0/s1. The Balaban J connectivity index is 5.75. The third kappa shape index (κ3) is 59.5. The highest BCUT2D eigenvalue weighted by atomic mass is 16.8. The van der Waals surface area contributed by atoms with Gasteiger partial charge in [-0.15, -0.1) is 0 Å². The van der Waals surface area contributed by atoms with Crippen LogP contribution in [0.3, 0.4) is 0 Å². The Hall–Kier alpha value is -2.12. The molecule has 0 saturated carbocycles. The van der Waals surface area contributed by atoms with Crippen LogP contribution in [0.15, 0.2) is 0 Å². The van der Waals surface area contributed by atoms with Gasteiger partial charge in [-0.1, -0.05) is 401 Å². The summed E-state index contributed by atoms with van der Waals surface area (Å²) < 4.78 is 25.0. The first-order valence-electron chi connectivity index (χ1n) is 39.1. The number of esters is 4. The maximum atomic E-state index is 14.1. The van der Waals surface area contributed by atoms with Gasteiger partial charge in [0.05, 0.1) is 0 Å². The van der Waals surface area contributed by atoms with E-state index >= 15 is 0 Å². The minimum atomic E-state index is -2.06. The molecular weight excluding hydrogens is 1060 g/mol. The van der Waals surface area contributed by atoms with E-state index in [1.807, 2.05) is 6.92 Å². The highest BCUT2D eigenvalue weighted by Crippen LogP contribution is 2.30. The SMILES string of the molecule is CCCCCCCCCCCCCCCCCC(=O)OCC(OC(=O)CCCCCCCCCCCCCCCCC)(OC(=O)CCCCCCCCCCCCCCCCC)[C@H](CCC)OC(=O)CCCCCCCCCCCCCCCCC. The molecule has 510 valence electrons. The molecule has 0 fully saturated rings. The number of rotatable bonds is 72. The highest BCUT2D eigenvalue weighted by molar-refractivity contribution is 5.73. The first-order valence-corrected chi connectivity index (χ1v) is 39.1. The number of carbonyl (C=O) groups excluding carboxylic acids is 4. The molecule has 0 unspecified atom stereocenters. The second-order valence-corrected chi connectivity index (χ2v) is 27.0. The fourth-order valence-corrected chi connectivity index (χ4v) is 12.5. The van der Waals surface area contributed by atoms with Gasteiger partial charge in [-0.25, -0.2) is 0 Å². The molecule has 1 atom stereocenters. The number of ether oxygens (including phenoxy) is 4. The average Bonchev–Trinajstić information content (AvgIpc) is 1.51. The van der Waals surface area contributed by atoms with Crippen LogP contribution in [0.1, 0.15) is 458 Å². The molecule has 0 aromatic heterocycles. The molecule has 8 nitrogen and oxygen atoms in total. The molecule has 0 bridgehead atoms. The number of hydrogen-bond acceptors (Lipinski definition) is 8. The van der Waals surface area contributed by atoms with Gasteiger partial charge in [-0.2, -0.15) is 0 Å². The molecule has 0 radical (unpaired) electrons. The molecule has 0 saturated heterocycles. The second kappa shape index (κ2) is 68.8. The molecule has 0 amide bonds. The van der Waals surface area contributed by atoms with Crippen LogP contribution in [0.4, 0.5) is 0 Å². The van der Waals surface area contributed by atoms with Crippen molar-refractivity contribution in [1.82, 2.24) is 0 Å². The Morgan fingerprint density at radius 1 is 0.233 bits per heavy atom. The Bertz CT molecular complexity index is 1370. The number of unbranched alkanes of at least 4 members (excludes halogenated alkanes) is 56. The van der Waals surface area contributed by atoms with E-state index in [0.717, 1.165) is 64.2 Å². The summed E-state index contributed by atoms with van der Waals surface area (Å²) in [7, 11) is 0. The van der Waals surface area contributed by atoms with Crippen LogP contribution >= 0.6 is 0 Å². The smallest absolute Gasteiger partial charge is 0.327 e. The van der Waals surface area contributed by atoms with Crippen LogP contribution in [0.25, 0.3) is 0 Å². The highest BCUT2D eigenvalue weighted by Gasteiger charge is 2.50. The van der Waals surface area contributed by atoms with Crippen molar-refractivity contribution in [2.45, 2.75) is 470 Å². The molecule has 0 aliphatic heterocycles. The van der Waals surface area contributed by atoms with Crippen LogP contribution in [0.5, 0.6) is 0 Å². The molecule has 8 heteroatoms. The number of hydrogen-bond donors (Lipinski definition) is 0. The molecule has 0 aromatic carbocycles. The fourth-order valence-electron chi connectivity index (χ4n) is 12.5. The molecule has 0 N–H and O–H groups in total. The largest absolute Gasteiger partial charge is 0.457 e. The molecule has 0 aliphatic rings. The van der Waals surface area contributed by atoms with E-state index in [9.17, 15) is 19.2 Å². The molecule has 0 rings (SSSR count). The molecular formula is C78H150O8. The van der Waals surface area contributed by atoms with Crippen molar-refractivity contribution in [2.24, 2.45) is 0 Å². The lowest BCUT2D eigenvalue weighted by Gasteiger charge is -2.38. The zero-order valence-electron chi connectivity index (χ0n) is 58.7. The van der Waals surface area contributed by atoms with Crippen LogP contribution in [-0.4, -0.2) is 42.4 Å². The monoisotopic (exact) mass is 1220 g/mol. The van der Waals surface area contributed by atoms with E-state index in [2.05, 4.69) is 27.7 Å². The second-order valence-electron chi connectivity index (χ2n) is 27.0. The predicted octanol–water partition coefficient (Wildman–Crippen LogP) is 26.1. The zero-order chi connectivity index (χ0) is 62.6. The third-order valence-electron chi connectivity index (χ3n) is 18.3. The predicted molar refractivity (Wildman–Crippen MR) is 369 cm³/mol. The van der Waals surface area contributed by atoms with Gasteiger partial charge in [0.25, 0.3) is 0 Å². The summed E-state index contributed by atoms with van der Waals surface area (Å²) in [6, 6.07) is 0. The van der Waals surface area contributed by atoms with Gasteiger partial charge >= 0.3 is 29.7 Å². The van der Waals surface area contributed by atoms with Gasteiger partial charge < -0.3 is 18.9 Å². The summed E-state index contributed by atoms with van der Waals surface area (Å²) >= 11 is 0. The van der Waals surface area contributed by atoms with Crippen molar-refractivity contribution in [2.75, 3.05) is 6.61 Å². The molecule has 0 spiro atoms. The maximum Gasteiger partial charge on any atom is 0.327 e. The summed E-state index contributed by atoms with van der Waals surface area (Å²) in [5.41, 5.74) is 0. The summed E-state index contributed by atoms with van der Waals surface area (Å²) in [4.78, 5) is 55.6.